The standard InChI is InChI=1S/C18H25NO2/c1-12(17-9-15-6-7-16(17)8-15)19-11-14-4-2-13(3-5-14)10-18(20)21/h2-5,12,15-17,19H,6-11H2,1H3,(H,20,21). The Balaban J connectivity index is 1.49. The molecule has 3 heteroatoms. The first kappa shape index (κ1) is 14.6. The molecule has 2 bridgehead atoms. The first-order valence-corrected chi connectivity index (χ1v) is 8.15. The molecule has 3 rings (SSSR count). The molecule has 0 spiro atoms. The van der Waals surface area contributed by atoms with Crippen molar-refractivity contribution >= 4 is 5.97 Å². The fourth-order valence-electron chi connectivity index (χ4n) is 4.29. The van der Waals surface area contributed by atoms with Crippen LogP contribution in [0.2, 0.25) is 0 Å². The molecular formula is C18H25NO2. The molecule has 4 unspecified atom stereocenters. The Hall–Kier alpha value is -1.35. The van der Waals surface area contributed by atoms with Gasteiger partial charge >= 0.3 is 5.97 Å². The number of hydrogen-bond acceptors (Lipinski definition) is 2. The van der Waals surface area contributed by atoms with E-state index in [1.54, 1.807) is 0 Å². The van der Waals surface area contributed by atoms with Gasteiger partial charge in [0.25, 0.3) is 0 Å². The predicted octanol–water partition coefficient (Wildman–Crippen LogP) is 3.23. The third-order valence-corrected chi connectivity index (χ3v) is 5.44. The van der Waals surface area contributed by atoms with Gasteiger partial charge in [-0.1, -0.05) is 30.7 Å². The minimum atomic E-state index is -0.772. The lowest BCUT2D eigenvalue weighted by molar-refractivity contribution is -0.136. The number of carbonyl (C=O) groups is 1. The van der Waals surface area contributed by atoms with E-state index < -0.39 is 5.97 Å². The van der Waals surface area contributed by atoms with Crippen LogP contribution >= 0.6 is 0 Å². The Morgan fingerprint density at radius 1 is 1.24 bits per heavy atom. The van der Waals surface area contributed by atoms with Gasteiger partial charge < -0.3 is 10.4 Å². The summed E-state index contributed by atoms with van der Waals surface area (Å²) in [5.74, 6) is 2.04. The fraction of sp³-hybridized carbons (Fsp3) is 0.611. The summed E-state index contributed by atoms with van der Waals surface area (Å²) in [6.45, 7) is 3.20. The average molecular weight is 287 g/mol. The summed E-state index contributed by atoms with van der Waals surface area (Å²) in [4.78, 5) is 10.7. The Morgan fingerprint density at radius 3 is 2.52 bits per heavy atom. The first-order valence-electron chi connectivity index (χ1n) is 8.15. The molecule has 0 aliphatic heterocycles. The zero-order valence-electron chi connectivity index (χ0n) is 12.7. The van der Waals surface area contributed by atoms with E-state index in [0.29, 0.717) is 6.04 Å². The van der Waals surface area contributed by atoms with Gasteiger partial charge in [0, 0.05) is 12.6 Å². The largest absolute Gasteiger partial charge is 0.481 e. The van der Waals surface area contributed by atoms with E-state index >= 15 is 0 Å². The highest BCUT2D eigenvalue weighted by molar-refractivity contribution is 5.70. The van der Waals surface area contributed by atoms with Crippen molar-refractivity contribution < 1.29 is 9.90 Å². The molecule has 114 valence electrons. The molecule has 2 fully saturated rings. The molecule has 2 aliphatic carbocycles. The molecule has 2 N–H and O–H groups in total. The topological polar surface area (TPSA) is 49.3 Å². The van der Waals surface area contributed by atoms with Gasteiger partial charge in [-0.25, -0.2) is 0 Å². The maximum absolute atomic E-state index is 10.7. The number of benzene rings is 1. The Kier molecular flexibility index (Phi) is 4.29. The van der Waals surface area contributed by atoms with Crippen LogP contribution in [-0.4, -0.2) is 17.1 Å². The summed E-state index contributed by atoms with van der Waals surface area (Å²) in [5, 5.41) is 12.4. The molecule has 3 nitrogen and oxygen atoms in total. The summed E-state index contributed by atoms with van der Waals surface area (Å²) in [5.41, 5.74) is 2.10. The van der Waals surface area contributed by atoms with E-state index in [4.69, 9.17) is 5.11 Å². The zero-order chi connectivity index (χ0) is 14.8. The number of nitrogens with one attached hydrogen (secondary N) is 1. The van der Waals surface area contributed by atoms with Gasteiger partial charge in [-0.15, -0.1) is 0 Å². The van der Waals surface area contributed by atoms with Crippen molar-refractivity contribution in [1.29, 1.82) is 0 Å². The molecule has 0 saturated heterocycles. The van der Waals surface area contributed by atoms with E-state index in [1.807, 2.05) is 24.3 Å². The van der Waals surface area contributed by atoms with Crippen molar-refractivity contribution in [2.24, 2.45) is 17.8 Å². The molecule has 4 atom stereocenters. The minimum absolute atomic E-state index is 0.106. The lowest BCUT2D eigenvalue weighted by Crippen LogP contribution is -2.35. The molecule has 2 aliphatic rings. The smallest absolute Gasteiger partial charge is 0.307 e. The van der Waals surface area contributed by atoms with Gasteiger partial charge in [0.1, 0.15) is 0 Å². The summed E-state index contributed by atoms with van der Waals surface area (Å²) in [6.07, 6.45) is 5.87. The predicted molar refractivity (Wildman–Crippen MR) is 83.0 cm³/mol. The number of hydrogen-bond donors (Lipinski definition) is 2. The molecule has 0 aromatic heterocycles. The molecular weight excluding hydrogens is 262 g/mol. The van der Waals surface area contributed by atoms with Gasteiger partial charge in [-0.3, -0.25) is 4.79 Å². The highest BCUT2D eigenvalue weighted by Crippen LogP contribution is 2.49. The Morgan fingerprint density at radius 2 is 1.95 bits per heavy atom. The molecule has 21 heavy (non-hydrogen) atoms. The number of carboxylic acids is 1. The molecule has 1 aromatic rings. The van der Waals surface area contributed by atoms with Gasteiger partial charge in [0.05, 0.1) is 6.42 Å². The van der Waals surface area contributed by atoms with Gasteiger partial charge in [0.15, 0.2) is 0 Å². The first-order chi connectivity index (χ1) is 10.1. The summed E-state index contributed by atoms with van der Waals surface area (Å²) in [7, 11) is 0. The highest BCUT2D eigenvalue weighted by Gasteiger charge is 2.41. The van der Waals surface area contributed by atoms with E-state index in [9.17, 15) is 4.79 Å². The van der Waals surface area contributed by atoms with Crippen molar-refractivity contribution in [3.05, 3.63) is 35.4 Å². The SMILES string of the molecule is CC(NCc1ccc(CC(=O)O)cc1)C1CC2CCC1C2. The normalized spacial score (nSPS) is 28.7. The van der Waals surface area contributed by atoms with Gasteiger partial charge in [-0.2, -0.15) is 0 Å². The summed E-state index contributed by atoms with van der Waals surface area (Å²) >= 11 is 0. The van der Waals surface area contributed by atoms with E-state index in [1.165, 1.54) is 31.2 Å². The van der Waals surface area contributed by atoms with Crippen LogP contribution in [0.1, 0.15) is 43.7 Å². The molecule has 0 heterocycles. The minimum Gasteiger partial charge on any atom is -0.481 e. The molecule has 0 radical (unpaired) electrons. The van der Waals surface area contributed by atoms with E-state index in [-0.39, 0.29) is 6.42 Å². The van der Waals surface area contributed by atoms with Crippen molar-refractivity contribution in [3.8, 4) is 0 Å². The second-order valence-electron chi connectivity index (χ2n) is 6.90. The van der Waals surface area contributed by atoms with Gasteiger partial charge in [-0.05, 0) is 55.1 Å². The number of rotatable bonds is 6. The van der Waals surface area contributed by atoms with Crippen LogP contribution in [0, 0.1) is 17.8 Å². The number of aliphatic carboxylic acids is 1. The Bertz CT molecular complexity index is 496. The quantitative estimate of drug-likeness (QED) is 0.844. The lowest BCUT2D eigenvalue weighted by atomic mass is 9.84. The monoisotopic (exact) mass is 287 g/mol. The van der Waals surface area contributed by atoms with Crippen LogP contribution in [0.25, 0.3) is 0 Å². The zero-order valence-corrected chi connectivity index (χ0v) is 12.7. The van der Waals surface area contributed by atoms with Crippen LogP contribution in [0.4, 0.5) is 0 Å². The van der Waals surface area contributed by atoms with E-state index in [2.05, 4.69) is 12.2 Å². The van der Waals surface area contributed by atoms with Crippen molar-refractivity contribution in [3.63, 3.8) is 0 Å². The van der Waals surface area contributed by atoms with Crippen LogP contribution in [-0.2, 0) is 17.8 Å². The van der Waals surface area contributed by atoms with Crippen LogP contribution < -0.4 is 5.32 Å². The summed E-state index contributed by atoms with van der Waals surface area (Å²) < 4.78 is 0. The van der Waals surface area contributed by atoms with Gasteiger partial charge in [0.2, 0.25) is 0 Å². The van der Waals surface area contributed by atoms with Crippen LogP contribution in [0.3, 0.4) is 0 Å². The van der Waals surface area contributed by atoms with Crippen LogP contribution in [0.15, 0.2) is 24.3 Å². The number of carboxylic acid groups (broad SMARTS) is 1. The molecule has 0 amide bonds. The maximum Gasteiger partial charge on any atom is 0.307 e. The summed E-state index contributed by atoms with van der Waals surface area (Å²) in [6, 6.07) is 8.51. The number of fused-ring (bicyclic) bond motifs is 2. The maximum atomic E-state index is 10.7. The van der Waals surface area contributed by atoms with Crippen LogP contribution in [0.5, 0.6) is 0 Å². The van der Waals surface area contributed by atoms with Crippen molar-refractivity contribution in [2.45, 2.75) is 51.6 Å². The Labute approximate surface area is 126 Å². The molecule has 2 saturated carbocycles. The van der Waals surface area contributed by atoms with Crippen molar-refractivity contribution in [2.75, 3.05) is 0 Å². The third-order valence-electron chi connectivity index (χ3n) is 5.44. The lowest BCUT2D eigenvalue weighted by Gasteiger charge is -2.28. The average Bonchev–Trinajstić information content (AvgIpc) is 3.08. The molecule has 1 aromatic carbocycles. The van der Waals surface area contributed by atoms with E-state index in [0.717, 1.165) is 29.9 Å². The second-order valence-corrected chi connectivity index (χ2v) is 6.90. The third kappa shape index (κ3) is 3.46. The second kappa shape index (κ2) is 6.18. The highest BCUT2D eigenvalue weighted by atomic mass is 16.4. The van der Waals surface area contributed by atoms with Crippen molar-refractivity contribution in [1.82, 2.24) is 5.32 Å². The fourth-order valence-corrected chi connectivity index (χ4v) is 4.29.